The Morgan fingerprint density at radius 1 is 1.16 bits per heavy atom. The lowest BCUT2D eigenvalue weighted by molar-refractivity contribution is -0.116. The Balaban J connectivity index is 1.83. The predicted octanol–water partition coefficient (Wildman–Crippen LogP) is 2.18. The van der Waals surface area contributed by atoms with Gasteiger partial charge in [-0.15, -0.1) is 0 Å². The van der Waals surface area contributed by atoms with E-state index in [1.165, 1.54) is 0 Å². The summed E-state index contributed by atoms with van der Waals surface area (Å²) in [6.07, 6.45) is 0. The Bertz CT molecular complexity index is 994. The first kappa shape index (κ1) is 15.4. The van der Waals surface area contributed by atoms with Crippen LogP contribution in [0.4, 0.5) is 11.6 Å². The van der Waals surface area contributed by atoms with E-state index in [0.717, 1.165) is 10.5 Å². The maximum absolute atomic E-state index is 12.3. The summed E-state index contributed by atoms with van der Waals surface area (Å²) in [5.74, 6) is -0.594. The van der Waals surface area contributed by atoms with Crippen LogP contribution in [0, 0.1) is 0 Å². The average Bonchev–Trinajstić information content (AvgIpc) is 3.19. The number of nitrogens with one attached hydrogen (secondary N) is 2. The van der Waals surface area contributed by atoms with E-state index in [1.807, 2.05) is 30.3 Å². The van der Waals surface area contributed by atoms with Crippen molar-refractivity contribution in [1.82, 2.24) is 9.97 Å². The molecule has 0 saturated heterocycles. The van der Waals surface area contributed by atoms with E-state index in [0.29, 0.717) is 16.8 Å². The number of hydrazone groups is 1. The first-order valence-corrected chi connectivity index (χ1v) is 8.18. The van der Waals surface area contributed by atoms with Gasteiger partial charge in [-0.1, -0.05) is 30.3 Å². The van der Waals surface area contributed by atoms with Gasteiger partial charge in [-0.2, -0.15) is 22.7 Å². The molecule has 1 aromatic heterocycles. The molecule has 2 amide bonds. The number of para-hydroxylation sites is 3. The van der Waals surface area contributed by atoms with Crippen LogP contribution in [0.15, 0.2) is 53.6 Å². The van der Waals surface area contributed by atoms with Crippen LogP contribution >= 0.6 is 12.6 Å². The highest BCUT2D eigenvalue weighted by Crippen LogP contribution is 2.24. The SMILES string of the molecule is O=C1Nc2ccccc2/C1=N/N(C(=O)CS)c1nc2ccccc2[nH]1. The number of hydrogen-bond acceptors (Lipinski definition) is 5. The van der Waals surface area contributed by atoms with Gasteiger partial charge in [0.1, 0.15) is 0 Å². The van der Waals surface area contributed by atoms with Gasteiger partial charge in [-0.25, -0.2) is 4.98 Å². The third-order valence-corrected chi connectivity index (χ3v) is 4.06. The molecule has 4 rings (SSSR count). The maximum atomic E-state index is 12.3. The molecular weight excluding hydrogens is 338 g/mol. The Kier molecular flexibility index (Phi) is 3.73. The molecule has 1 aliphatic heterocycles. The van der Waals surface area contributed by atoms with Crippen molar-refractivity contribution >= 4 is 52.8 Å². The normalized spacial score (nSPS) is 14.6. The second-order valence-corrected chi connectivity index (χ2v) is 5.71. The summed E-state index contributed by atoms with van der Waals surface area (Å²) >= 11 is 4.04. The summed E-state index contributed by atoms with van der Waals surface area (Å²) in [5.41, 5.74) is 2.93. The smallest absolute Gasteiger partial charge is 0.276 e. The van der Waals surface area contributed by atoms with Gasteiger partial charge in [0.25, 0.3) is 11.8 Å². The molecule has 8 heteroatoms. The van der Waals surface area contributed by atoms with Gasteiger partial charge in [0.2, 0.25) is 5.95 Å². The Labute approximate surface area is 148 Å². The van der Waals surface area contributed by atoms with Crippen LogP contribution in [0.2, 0.25) is 0 Å². The van der Waals surface area contributed by atoms with E-state index in [9.17, 15) is 9.59 Å². The van der Waals surface area contributed by atoms with Crippen LogP contribution in [0.1, 0.15) is 5.56 Å². The van der Waals surface area contributed by atoms with E-state index >= 15 is 0 Å². The molecule has 0 fully saturated rings. The number of carbonyl (C=O) groups is 2. The van der Waals surface area contributed by atoms with Crippen molar-refractivity contribution < 1.29 is 9.59 Å². The van der Waals surface area contributed by atoms with E-state index in [4.69, 9.17) is 0 Å². The molecule has 0 saturated carbocycles. The number of nitrogens with zero attached hydrogens (tertiary/aromatic N) is 3. The van der Waals surface area contributed by atoms with Crippen LogP contribution in [-0.4, -0.2) is 33.2 Å². The van der Waals surface area contributed by atoms with Crippen molar-refractivity contribution in [2.75, 3.05) is 16.1 Å². The topological polar surface area (TPSA) is 90.4 Å². The molecule has 0 bridgehead atoms. The van der Waals surface area contributed by atoms with Crippen LogP contribution < -0.4 is 10.3 Å². The van der Waals surface area contributed by atoms with Crippen molar-refractivity contribution in [1.29, 1.82) is 0 Å². The van der Waals surface area contributed by atoms with E-state index < -0.39 is 5.91 Å². The van der Waals surface area contributed by atoms with Crippen molar-refractivity contribution in [2.45, 2.75) is 0 Å². The predicted molar refractivity (Wildman–Crippen MR) is 99.0 cm³/mol. The summed E-state index contributed by atoms with van der Waals surface area (Å²) in [4.78, 5) is 32.0. The number of rotatable bonds is 3. The number of imidazole rings is 1. The van der Waals surface area contributed by atoms with Gasteiger partial charge in [-0.05, 0) is 18.2 Å². The second-order valence-electron chi connectivity index (χ2n) is 5.39. The van der Waals surface area contributed by atoms with Gasteiger partial charge in [-0.3, -0.25) is 9.59 Å². The van der Waals surface area contributed by atoms with Crippen molar-refractivity contribution in [3.63, 3.8) is 0 Å². The number of carbonyl (C=O) groups excluding carboxylic acids is 2. The van der Waals surface area contributed by atoms with Crippen molar-refractivity contribution in [2.24, 2.45) is 5.10 Å². The highest BCUT2D eigenvalue weighted by molar-refractivity contribution is 7.81. The van der Waals surface area contributed by atoms with E-state index in [1.54, 1.807) is 18.2 Å². The second kappa shape index (κ2) is 6.06. The van der Waals surface area contributed by atoms with Crippen LogP contribution in [0.5, 0.6) is 0 Å². The first-order chi connectivity index (χ1) is 12.2. The largest absolute Gasteiger partial charge is 0.322 e. The number of amides is 2. The molecule has 0 aliphatic carbocycles. The number of aromatic nitrogens is 2. The molecule has 7 nitrogen and oxygen atoms in total. The molecule has 0 spiro atoms. The van der Waals surface area contributed by atoms with Crippen LogP contribution in [0.3, 0.4) is 0 Å². The fraction of sp³-hybridized carbons (Fsp3) is 0.0588. The molecule has 0 radical (unpaired) electrons. The lowest BCUT2D eigenvalue weighted by Gasteiger charge is -2.13. The van der Waals surface area contributed by atoms with Gasteiger partial charge < -0.3 is 10.3 Å². The lowest BCUT2D eigenvalue weighted by atomic mass is 10.1. The summed E-state index contributed by atoms with van der Waals surface area (Å²) < 4.78 is 0. The third kappa shape index (κ3) is 2.66. The van der Waals surface area contributed by atoms with Crippen molar-refractivity contribution in [3.05, 3.63) is 54.1 Å². The molecule has 124 valence electrons. The Hall–Kier alpha value is -3.13. The van der Waals surface area contributed by atoms with Gasteiger partial charge in [0, 0.05) is 5.56 Å². The quantitative estimate of drug-likeness (QED) is 0.499. The van der Waals surface area contributed by atoms with Crippen LogP contribution in [0.25, 0.3) is 11.0 Å². The molecular formula is C17H13N5O2S. The fourth-order valence-electron chi connectivity index (χ4n) is 2.63. The van der Waals surface area contributed by atoms with E-state index in [-0.39, 0.29) is 23.3 Å². The number of fused-ring (bicyclic) bond motifs is 2. The number of thiol groups is 1. The minimum Gasteiger partial charge on any atom is -0.322 e. The van der Waals surface area contributed by atoms with Gasteiger partial charge in [0.05, 0.1) is 22.5 Å². The fourth-order valence-corrected chi connectivity index (χ4v) is 2.76. The summed E-state index contributed by atoms with van der Waals surface area (Å²) in [6, 6.07) is 14.6. The molecule has 3 aromatic rings. The average molecular weight is 351 g/mol. The van der Waals surface area contributed by atoms with Gasteiger partial charge in [0.15, 0.2) is 5.71 Å². The molecule has 2 heterocycles. The molecule has 1 aliphatic rings. The molecule has 2 aromatic carbocycles. The molecule has 25 heavy (non-hydrogen) atoms. The molecule has 0 atom stereocenters. The highest BCUT2D eigenvalue weighted by atomic mass is 32.1. The Morgan fingerprint density at radius 2 is 1.92 bits per heavy atom. The van der Waals surface area contributed by atoms with E-state index in [2.05, 4.69) is 33.0 Å². The number of anilines is 2. The third-order valence-electron chi connectivity index (χ3n) is 3.79. The zero-order valence-electron chi connectivity index (χ0n) is 12.9. The standard InChI is InChI=1S/C17H13N5O2S/c23-14(9-25)22(17-19-12-7-3-4-8-13(12)20-17)21-15-10-5-1-2-6-11(10)18-16(15)24/h1-8,25H,9H2,(H,19,20)(H,18,21,24). The number of benzene rings is 2. The first-order valence-electron chi connectivity index (χ1n) is 7.55. The zero-order chi connectivity index (χ0) is 17.4. The summed E-state index contributed by atoms with van der Waals surface area (Å²) in [5, 5.41) is 8.10. The number of aromatic amines is 1. The zero-order valence-corrected chi connectivity index (χ0v) is 13.8. The minimum atomic E-state index is -0.396. The highest BCUT2D eigenvalue weighted by Gasteiger charge is 2.28. The Morgan fingerprint density at radius 3 is 2.72 bits per heavy atom. The van der Waals surface area contributed by atoms with Gasteiger partial charge >= 0.3 is 0 Å². The summed E-state index contributed by atoms with van der Waals surface area (Å²) in [6.45, 7) is 0. The lowest BCUT2D eigenvalue weighted by Crippen LogP contribution is -2.30. The van der Waals surface area contributed by atoms with Crippen molar-refractivity contribution in [3.8, 4) is 0 Å². The molecule has 0 unspecified atom stereocenters. The monoisotopic (exact) mass is 351 g/mol. The maximum Gasteiger partial charge on any atom is 0.276 e. The van der Waals surface area contributed by atoms with Crippen LogP contribution in [-0.2, 0) is 9.59 Å². The molecule has 2 N–H and O–H groups in total. The summed E-state index contributed by atoms with van der Waals surface area (Å²) in [7, 11) is 0. The number of hydrogen-bond donors (Lipinski definition) is 3. The minimum absolute atomic E-state index is 0.0723. The number of H-pyrrole nitrogens is 1.